The summed E-state index contributed by atoms with van der Waals surface area (Å²) in [4.78, 5) is 28.8. The van der Waals surface area contributed by atoms with Crippen molar-refractivity contribution in [3.63, 3.8) is 0 Å². The maximum atomic E-state index is 14.0. The molecule has 39 heavy (non-hydrogen) atoms. The fraction of sp³-hybridized carbons (Fsp3) is 0.355. The van der Waals surface area contributed by atoms with Crippen LogP contribution in [0.3, 0.4) is 0 Å². The molecule has 3 aromatic rings. The van der Waals surface area contributed by atoms with Gasteiger partial charge in [0.25, 0.3) is 10.0 Å². The largest absolute Gasteiger partial charge is 0.354 e. The van der Waals surface area contributed by atoms with Crippen molar-refractivity contribution in [2.45, 2.75) is 51.5 Å². The van der Waals surface area contributed by atoms with Crippen LogP contribution in [-0.2, 0) is 26.0 Å². The lowest BCUT2D eigenvalue weighted by Gasteiger charge is -2.33. The van der Waals surface area contributed by atoms with Crippen molar-refractivity contribution in [1.82, 2.24) is 10.2 Å². The van der Waals surface area contributed by atoms with Gasteiger partial charge < -0.3 is 10.2 Å². The number of carbonyl (C=O) groups is 2. The van der Waals surface area contributed by atoms with Gasteiger partial charge in [-0.15, -0.1) is 0 Å². The minimum absolute atomic E-state index is 0.0943. The molecule has 0 radical (unpaired) electrons. The number of aryl methyl sites for hydroxylation is 1. The summed E-state index contributed by atoms with van der Waals surface area (Å²) in [6.07, 6.45) is 0.941. The summed E-state index contributed by atoms with van der Waals surface area (Å²) < 4.78 is 28.8. The molecule has 0 unspecified atom stereocenters. The number of carbonyl (C=O) groups excluding carboxylic acids is 2. The molecule has 0 saturated carbocycles. The van der Waals surface area contributed by atoms with Gasteiger partial charge in [0.15, 0.2) is 0 Å². The molecule has 0 heterocycles. The molecule has 0 aromatic heterocycles. The third-order valence-electron chi connectivity index (χ3n) is 6.45. The Morgan fingerprint density at radius 1 is 0.897 bits per heavy atom. The number of amides is 2. The minimum atomic E-state index is -4.06. The SMILES string of the molecule is CC[C@@H](C(=O)NCC(C)C)N(CCc1ccccc1)C(=O)CN(c1cccc(C)c1)S(=O)(=O)c1ccccc1. The van der Waals surface area contributed by atoms with Gasteiger partial charge in [0.1, 0.15) is 12.6 Å². The molecular formula is C31H39N3O4S. The number of benzene rings is 3. The highest BCUT2D eigenvalue weighted by molar-refractivity contribution is 7.92. The van der Waals surface area contributed by atoms with Crippen molar-refractivity contribution in [1.29, 1.82) is 0 Å². The van der Waals surface area contributed by atoms with E-state index in [1.54, 1.807) is 36.4 Å². The van der Waals surface area contributed by atoms with Crippen molar-refractivity contribution in [3.8, 4) is 0 Å². The number of nitrogens with zero attached hydrogens (tertiary/aromatic N) is 2. The van der Waals surface area contributed by atoms with Crippen LogP contribution in [0.4, 0.5) is 5.69 Å². The summed E-state index contributed by atoms with van der Waals surface area (Å²) in [6, 6.07) is 24.2. The highest BCUT2D eigenvalue weighted by Crippen LogP contribution is 2.25. The first kappa shape index (κ1) is 29.9. The molecule has 3 aromatic carbocycles. The van der Waals surface area contributed by atoms with E-state index in [9.17, 15) is 18.0 Å². The third-order valence-corrected chi connectivity index (χ3v) is 8.24. The second-order valence-electron chi connectivity index (χ2n) is 10.0. The highest BCUT2D eigenvalue weighted by Gasteiger charge is 2.33. The van der Waals surface area contributed by atoms with Crippen molar-refractivity contribution in [2.75, 3.05) is 23.9 Å². The average molecular weight is 550 g/mol. The molecule has 7 nitrogen and oxygen atoms in total. The van der Waals surface area contributed by atoms with Crippen molar-refractivity contribution < 1.29 is 18.0 Å². The first-order chi connectivity index (χ1) is 18.6. The quantitative estimate of drug-likeness (QED) is 0.331. The normalized spacial score (nSPS) is 12.1. The first-order valence-electron chi connectivity index (χ1n) is 13.4. The molecule has 3 rings (SSSR count). The average Bonchev–Trinajstić information content (AvgIpc) is 2.93. The Morgan fingerprint density at radius 2 is 1.54 bits per heavy atom. The monoisotopic (exact) mass is 549 g/mol. The number of nitrogens with one attached hydrogen (secondary N) is 1. The van der Waals surface area contributed by atoms with Crippen LogP contribution >= 0.6 is 0 Å². The predicted molar refractivity (Wildman–Crippen MR) is 156 cm³/mol. The van der Waals surface area contributed by atoms with Gasteiger partial charge in [-0.2, -0.15) is 0 Å². The highest BCUT2D eigenvalue weighted by atomic mass is 32.2. The molecule has 8 heteroatoms. The van der Waals surface area contributed by atoms with Crippen molar-refractivity contribution in [2.24, 2.45) is 5.92 Å². The smallest absolute Gasteiger partial charge is 0.264 e. The molecule has 1 atom stereocenters. The van der Waals surface area contributed by atoms with Gasteiger partial charge in [-0.05, 0) is 61.1 Å². The molecule has 0 fully saturated rings. The number of anilines is 1. The summed E-state index contributed by atoms with van der Waals surface area (Å²) in [5.41, 5.74) is 2.29. The summed E-state index contributed by atoms with van der Waals surface area (Å²) in [5.74, 6) is -0.410. The Kier molecular flexibility index (Phi) is 10.7. The lowest BCUT2D eigenvalue weighted by Crippen LogP contribution is -2.53. The lowest BCUT2D eigenvalue weighted by atomic mass is 10.1. The number of rotatable bonds is 13. The van der Waals surface area contributed by atoms with E-state index < -0.39 is 28.5 Å². The van der Waals surface area contributed by atoms with Gasteiger partial charge in [-0.25, -0.2) is 8.42 Å². The molecule has 0 bridgehead atoms. The second kappa shape index (κ2) is 13.9. The Bertz CT molecular complexity index is 1330. The van der Waals surface area contributed by atoms with Crippen LogP contribution in [-0.4, -0.2) is 50.8 Å². The van der Waals surface area contributed by atoms with E-state index in [2.05, 4.69) is 5.32 Å². The van der Waals surface area contributed by atoms with Gasteiger partial charge in [-0.1, -0.05) is 81.4 Å². The summed E-state index contributed by atoms with van der Waals surface area (Å²) in [6.45, 7) is 8.10. The Morgan fingerprint density at radius 3 is 2.13 bits per heavy atom. The zero-order valence-electron chi connectivity index (χ0n) is 23.2. The molecule has 0 aliphatic carbocycles. The van der Waals surface area contributed by atoms with Gasteiger partial charge in [0.2, 0.25) is 11.8 Å². The zero-order chi connectivity index (χ0) is 28.4. The Labute approximate surface area is 232 Å². The topological polar surface area (TPSA) is 86.8 Å². The molecule has 0 aliphatic rings. The van der Waals surface area contributed by atoms with Crippen LogP contribution in [0.2, 0.25) is 0 Å². The van der Waals surface area contributed by atoms with Crippen LogP contribution in [0.25, 0.3) is 0 Å². The third kappa shape index (κ3) is 8.17. The molecular weight excluding hydrogens is 510 g/mol. The first-order valence-corrected chi connectivity index (χ1v) is 14.8. The minimum Gasteiger partial charge on any atom is -0.354 e. The van der Waals surface area contributed by atoms with Gasteiger partial charge in [0, 0.05) is 13.1 Å². The van der Waals surface area contributed by atoms with Crippen LogP contribution in [0.5, 0.6) is 0 Å². The summed E-state index contributed by atoms with van der Waals surface area (Å²) >= 11 is 0. The van der Waals surface area contributed by atoms with Crippen LogP contribution < -0.4 is 9.62 Å². The van der Waals surface area contributed by atoms with E-state index >= 15 is 0 Å². The second-order valence-corrected chi connectivity index (χ2v) is 11.9. The number of sulfonamides is 1. The molecule has 0 aliphatic heterocycles. The van der Waals surface area contributed by atoms with Crippen LogP contribution in [0, 0.1) is 12.8 Å². The molecule has 1 N–H and O–H groups in total. The fourth-order valence-electron chi connectivity index (χ4n) is 4.35. The van der Waals surface area contributed by atoms with Crippen LogP contribution in [0.15, 0.2) is 89.8 Å². The molecule has 0 spiro atoms. The summed E-state index contributed by atoms with van der Waals surface area (Å²) in [7, 11) is -4.06. The lowest BCUT2D eigenvalue weighted by molar-refractivity contribution is -0.139. The van der Waals surface area contributed by atoms with Crippen molar-refractivity contribution >= 4 is 27.5 Å². The van der Waals surface area contributed by atoms with E-state index in [1.165, 1.54) is 17.0 Å². The van der Waals surface area contributed by atoms with Crippen molar-refractivity contribution in [3.05, 3.63) is 96.1 Å². The number of hydrogen-bond donors (Lipinski definition) is 1. The Hall–Kier alpha value is -3.65. The maximum absolute atomic E-state index is 14.0. The molecule has 208 valence electrons. The van der Waals surface area contributed by atoms with Gasteiger partial charge in [0.05, 0.1) is 10.6 Å². The molecule has 0 saturated heterocycles. The summed E-state index contributed by atoms with van der Waals surface area (Å²) in [5, 5.41) is 2.95. The fourth-order valence-corrected chi connectivity index (χ4v) is 5.78. The molecule has 2 amide bonds. The van der Waals surface area contributed by atoms with E-state index in [4.69, 9.17) is 0 Å². The number of hydrogen-bond acceptors (Lipinski definition) is 4. The van der Waals surface area contributed by atoms with Crippen LogP contribution in [0.1, 0.15) is 38.3 Å². The zero-order valence-corrected chi connectivity index (χ0v) is 24.0. The van der Waals surface area contributed by atoms with E-state index in [0.717, 1.165) is 15.4 Å². The van der Waals surface area contributed by atoms with E-state index in [0.29, 0.717) is 25.1 Å². The van der Waals surface area contributed by atoms with Gasteiger partial charge in [-0.3, -0.25) is 13.9 Å². The standard InChI is InChI=1S/C31H39N3O4S/c1-5-29(31(36)32-22-24(2)3)33(20-19-26-14-8-6-9-15-26)30(35)23-34(27-16-12-13-25(4)21-27)39(37,38)28-17-10-7-11-18-28/h6-18,21,24,29H,5,19-20,22-23H2,1-4H3,(H,32,36)/t29-/m0/s1. The van der Waals surface area contributed by atoms with E-state index in [-0.39, 0.29) is 23.3 Å². The predicted octanol–water partition coefficient (Wildman–Crippen LogP) is 4.81. The van der Waals surface area contributed by atoms with E-state index in [1.807, 2.05) is 64.1 Å². The maximum Gasteiger partial charge on any atom is 0.264 e. The van der Waals surface area contributed by atoms with Gasteiger partial charge >= 0.3 is 0 Å². The Balaban J connectivity index is 1.98.